The number of rotatable bonds is 9. The second-order valence-electron chi connectivity index (χ2n) is 12.1. The molecule has 2 aromatic carbocycles. The summed E-state index contributed by atoms with van der Waals surface area (Å²) < 4.78 is 5.96. The Hall–Kier alpha value is -3.59. The lowest BCUT2D eigenvalue weighted by Crippen LogP contribution is -2.73. The molecule has 3 N–H and O–H groups in total. The second kappa shape index (κ2) is 12.7. The van der Waals surface area contributed by atoms with E-state index in [4.69, 9.17) is 4.74 Å². The number of unbranched alkanes of at least 4 members (excludes halogenated alkanes) is 1. The van der Waals surface area contributed by atoms with Gasteiger partial charge in [-0.25, -0.2) is 0 Å². The van der Waals surface area contributed by atoms with Gasteiger partial charge in [0.25, 0.3) is 5.91 Å². The maximum absolute atomic E-state index is 13.8. The van der Waals surface area contributed by atoms with Crippen LogP contribution in [0.15, 0.2) is 48.5 Å². The highest BCUT2D eigenvalue weighted by atomic mass is 16.5. The summed E-state index contributed by atoms with van der Waals surface area (Å²) in [6.45, 7) is 3.96. The molecule has 0 unspecified atom stereocenters. The standard InChI is InChI=1S/C33H44N4O5/c1-3-4-20-37-30(39)28(23-32(41)16-6-5-7-17-32)35-31(40)33(37)18-21-36(22-19-33)25-10-14-27(15-11-25)42-26-12-8-24(9-13-26)29(38)34-2/h8-15,28,41H,3-7,16-23H2,1-2H3,(H,34,38)(H,35,40)/t28-/m1/s1. The van der Waals surface area contributed by atoms with Gasteiger partial charge in [-0.2, -0.15) is 0 Å². The fourth-order valence-corrected chi connectivity index (χ4v) is 6.76. The van der Waals surface area contributed by atoms with Crippen molar-refractivity contribution in [2.75, 3.05) is 31.6 Å². The number of anilines is 1. The summed E-state index contributed by atoms with van der Waals surface area (Å²) in [5, 5.41) is 16.8. The number of piperidine rings is 1. The van der Waals surface area contributed by atoms with Crippen molar-refractivity contribution in [1.82, 2.24) is 15.5 Å². The molecule has 42 heavy (non-hydrogen) atoms. The normalized spacial score (nSPS) is 21.6. The average molecular weight is 577 g/mol. The number of carbonyl (C=O) groups excluding carboxylic acids is 3. The fourth-order valence-electron chi connectivity index (χ4n) is 6.76. The number of hydrogen-bond donors (Lipinski definition) is 3. The zero-order valence-electron chi connectivity index (χ0n) is 24.9. The van der Waals surface area contributed by atoms with Crippen molar-refractivity contribution in [2.45, 2.75) is 88.3 Å². The Morgan fingerprint density at radius 1 is 0.976 bits per heavy atom. The number of ether oxygens (including phenoxy) is 1. The lowest BCUT2D eigenvalue weighted by atomic mass is 9.77. The number of nitrogens with one attached hydrogen (secondary N) is 2. The largest absolute Gasteiger partial charge is 0.457 e. The zero-order chi connectivity index (χ0) is 29.7. The number of hydrogen-bond acceptors (Lipinski definition) is 6. The van der Waals surface area contributed by atoms with Crippen molar-refractivity contribution in [1.29, 1.82) is 0 Å². The Morgan fingerprint density at radius 2 is 1.60 bits per heavy atom. The molecule has 5 rings (SSSR count). The number of aliphatic hydroxyl groups is 1. The Kier molecular flexibility index (Phi) is 9.06. The summed E-state index contributed by atoms with van der Waals surface area (Å²) in [7, 11) is 1.60. The Bertz CT molecular complexity index is 1250. The summed E-state index contributed by atoms with van der Waals surface area (Å²) >= 11 is 0. The van der Waals surface area contributed by atoms with Crippen molar-refractivity contribution >= 4 is 23.4 Å². The van der Waals surface area contributed by atoms with Gasteiger partial charge in [0, 0.05) is 44.4 Å². The average Bonchev–Trinajstić information content (AvgIpc) is 3.01. The third kappa shape index (κ3) is 6.26. The van der Waals surface area contributed by atoms with Gasteiger partial charge in [0.15, 0.2) is 0 Å². The molecule has 3 aliphatic rings. The van der Waals surface area contributed by atoms with Gasteiger partial charge < -0.3 is 30.3 Å². The third-order valence-electron chi connectivity index (χ3n) is 9.28. The molecule has 9 nitrogen and oxygen atoms in total. The van der Waals surface area contributed by atoms with E-state index in [0.29, 0.717) is 68.8 Å². The lowest BCUT2D eigenvalue weighted by Gasteiger charge is -2.52. The maximum Gasteiger partial charge on any atom is 0.251 e. The van der Waals surface area contributed by atoms with Gasteiger partial charge in [0.1, 0.15) is 23.1 Å². The summed E-state index contributed by atoms with van der Waals surface area (Å²) in [5.41, 5.74) is -0.117. The molecule has 1 atom stereocenters. The molecule has 226 valence electrons. The highest BCUT2D eigenvalue weighted by Crippen LogP contribution is 2.38. The predicted molar refractivity (Wildman–Crippen MR) is 162 cm³/mol. The monoisotopic (exact) mass is 576 g/mol. The minimum atomic E-state index is -0.874. The molecule has 1 spiro atoms. The van der Waals surface area contributed by atoms with Crippen molar-refractivity contribution in [3.63, 3.8) is 0 Å². The van der Waals surface area contributed by atoms with Crippen LogP contribution in [0.5, 0.6) is 11.5 Å². The van der Waals surface area contributed by atoms with Crippen LogP contribution in [0.1, 0.15) is 81.5 Å². The van der Waals surface area contributed by atoms with Gasteiger partial charge in [0.05, 0.1) is 5.60 Å². The molecule has 0 radical (unpaired) electrons. The molecule has 2 saturated heterocycles. The van der Waals surface area contributed by atoms with Crippen LogP contribution in [0.25, 0.3) is 0 Å². The molecular formula is C33H44N4O5. The highest BCUT2D eigenvalue weighted by molar-refractivity contribution is 6.00. The zero-order valence-corrected chi connectivity index (χ0v) is 24.9. The summed E-state index contributed by atoms with van der Waals surface area (Å²) in [5.74, 6) is 1.07. The molecule has 2 aliphatic heterocycles. The minimum Gasteiger partial charge on any atom is -0.457 e. The van der Waals surface area contributed by atoms with Gasteiger partial charge in [0.2, 0.25) is 11.8 Å². The van der Waals surface area contributed by atoms with Crippen molar-refractivity contribution in [2.24, 2.45) is 0 Å². The van der Waals surface area contributed by atoms with Crippen LogP contribution in [0, 0.1) is 0 Å². The predicted octanol–water partition coefficient (Wildman–Crippen LogP) is 4.39. The summed E-state index contributed by atoms with van der Waals surface area (Å²) in [6, 6.07) is 14.2. The number of piperazine rings is 1. The first kappa shape index (κ1) is 29.9. The van der Waals surface area contributed by atoms with Crippen molar-refractivity contribution in [3.8, 4) is 11.5 Å². The van der Waals surface area contributed by atoms with Crippen LogP contribution in [-0.2, 0) is 9.59 Å². The number of nitrogens with zero attached hydrogens (tertiary/aromatic N) is 2. The van der Waals surface area contributed by atoms with Crippen molar-refractivity contribution < 1.29 is 24.2 Å². The maximum atomic E-state index is 13.8. The van der Waals surface area contributed by atoms with E-state index in [1.807, 2.05) is 29.2 Å². The van der Waals surface area contributed by atoms with E-state index < -0.39 is 17.2 Å². The highest BCUT2D eigenvalue weighted by Gasteiger charge is 2.54. The van der Waals surface area contributed by atoms with E-state index >= 15 is 0 Å². The van der Waals surface area contributed by atoms with Gasteiger partial charge in [-0.3, -0.25) is 14.4 Å². The van der Waals surface area contributed by atoms with Crippen molar-refractivity contribution in [3.05, 3.63) is 54.1 Å². The van der Waals surface area contributed by atoms with Crippen LogP contribution in [-0.4, -0.2) is 71.6 Å². The SMILES string of the molecule is CCCCN1C(=O)[C@@H](CC2(O)CCCCC2)NC(=O)C12CCN(c1ccc(Oc3ccc(C(=O)NC)cc3)cc1)CC2. The van der Waals surface area contributed by atoms with Crippen LogP contribution >= 0.6 is 0 Å². The van der Waals surface area contributed by atoms with E-state index in [9.17, 15) is 19.5 Å². The Balaban J connectivity index is 1.23. The molecule has 0 bridgehead atoms. The lowest BCUT2D eigenvalue weighted by molar-refractivity contribution is -0.161. The first-order valence-corrected chi connectivity index (χ1v) is 15.5. The number of benzene rings is 2. The molecular weight excluding hydrogens is 532 g/mol. The van der Waals surface area contributed by atoms with Gasteiger partial charge in [-0.05, 0) is 80.6 Å². The number of carbonyl (C=O) groups is 3. The van der Waals surface area contributed by atoms with Crippen LogP contribution in [0.2, 0.25) is 0 Å². The molecule has 2 heterocycles. The molecule has 1 aliphatic carbocycles. The first-order valence-electron chi connectivity index (χ1n) is 15.5. The Labute approximate surface area is 248 Å². The molecule has 9 heteroatoms. The van der Waals surface area contributed by atoms with E-state index in [0.717, 1.165) is 37.8 Å². The van der Waals surface area contributed by atoms with E-state index in [-0.39, 0.29) is 17.7 Å². The van der Waals surface area contributed by atoms with Crippen LogP contribution in [0.3, 0.4) is 0 Å². The third-order valence-corrected chi connectivity index (χ3v) is 9.28. The van der Waals surface area contributed by atoms with Gasteiger partial charge in [-0.1, -0.05) is 32.6 Å². The molecule has 1 saturated carbocycles. The first-order chi connectivity index (χ1) is 20.3. The van der Waals surface area contributed by atoms with E-state index in [1.54, 1.807) is 31.3 Å². The molecule has 0 aromatic heterocycles. The number of amides is 3. The fraction of sp³-hybridized carbons (Fsp3) is 0.545. The Morgan fingerprint density at radius 3 is 2.19 bits per heavy atom. The quantitative estimate of drug-likeness (QED) is 0.408. The summed E-state index contributed by atoms with van der Waals surface area (Å²) in [6.07, 6.45) is 7.61. The van der Waals surface area contributed by atoms with E-state index in [2.05, 4.69) is 22.5 Å². The molecule has 2 aromatic rings. The smallest absolute Gasteiger partial charge is 0.251 e. The van der Waals surface area contributed by atoms with Gasteiger partial charge >= 0.3 is 0 Å². The molecule has 3 fully saturated rings. The van der Waals surface area contributed by atoms with Crippen LogP contribution < -0.4 is 20.3 Å². The van der Waals surface area contributed by atoms with E-state index in [1.165, 1.54) is 0 Å². The molecule has 3 amide bonds. The summed E-state index contributed by atoms with van der Waals surface area (Å²) in [4.78, 5) is 43.4. The van der Waals surface area contributed by atoms with Gasteiger partial charge in [-0.15, -0.1) is 0 Å². The van der Waals surface area contributed by atoms with Crippen LogP contribution in [0.4, 0.5) is 5.69 Å². The minimum absolute atomic E-state index is 0.0413. The second-order valence-corrected chi connectivity index (χ2v) is 12.1. The topological polar surface area (TPSA) is 111 Å².